The Bertz CT molecular complexity index is 1420. The molecular formula is C31H41N9O8. The number of carbonyl (C=O) groups is 8. The van der Waals surface area contributed by atoms with Crippen molar-refractivity contribution in [2.24, 2.45) is 11.5 Å². The highest BCUT2D eigenvalue weighted by molar-refractivity contribution is 5.94. The van der Waals surface area contributed by atoms with Crippen LogP contribution in [0.3, 0.4) is 0 Å². The Hall–Kier alpha value is -5.84. The van der Waals surface area contributed by atoms with Crippen molar-refractivity contribution in [1.29, 1.82) is 0 Å². The lowest BCUT2D eigenvalue weighted by Crippen LogP contribution is -2.53. The van der Waals surface area contributed by atoms with E-state index in [-0.39, 0.29) is 19.4 Å². The van der Waals surface area contributed by atoms with E-state index in [1.807, 2.05) is 54.6 Å². The van der Waals surface area contributed by atoms with Gasteiger partial charge in [-0.1, -0.05) is 54.6 Å². The number of rotatable bonds is 21. The molecule has 8 amide bonds. The number of nitrogens with one attached hydrogen (secondary N) is 7. The van der Waals surface area contributed by atoms with E-state index in [2.05, 4.69) is 37.2 Å². The highest BCUT2D eigenvalue weighted by atomic mass is 16.2. The van der Waals surface area contributed by atoms with Gasteiger partial charge in [0.1, 0.15) is 12.1 Å². The van der Waals surface area contributed by atoms with Crippen molar-refractivity contribution >= 4 is 47.8 Å². The molecule has 2 aromatic rings. The third kappa shape index (κ3) is 15.0. The molecule has 0 spiro atoms. The Morgan fingerprint density at radius 1 is 0.625 bits per heavy atom. The number of nitrogens with two attached hydrogens (primary N) is 2. The van der Waals surface area contributed by atoms with Crippen LogP contribution in [-0.4, -0.2) is 99.1 Å². The first-order valence-corrected chi connectivity index (χ1v) is 15.0. The monoisotopic (exact) mass is 667 g/mol. The van der Waals surface area contributed by atoms with Gasteiger partial charge in [0.15, 0.2) is 0 Å². The lowest BCUT2D eigenvalue weighted by molar-refractivity contribution is -0.131. The van der Waals surface area contributed by atoms with Gasteiger partial charge in [-0.3, -0.25) is 38.4 Å². The molecule has 258 valence electrons. The highest BCUT2D eigenvalue weighted by Crippen LogP contribution is 2.19. The predicted molar refractivity (Wildman–Crippen MR) is 173 cm³/mol. The lowest BCUT2D eigenvalue weighted by Gasteiger charge is -2.19. The average Bonchev–Trinajstić information content (AvgIpc) is 3.08. The van der Waals surface area contributed by atoms with E-state index in [9.17, 15) is 38.4 Å². The second-order valence-corrected chi connectivity index (χ2v) is 10.4. The van der Waals surface area contributed by atoms with Crippen molar-refractivity contribution in [1.82, 2.24) is 37.2 Å². The first-order valence-electron chi connectivity index (χ1n) is 15.0. The van der Waals surface area contributed by atoms with Crippen LogP contribution >= 0.6 is 0 Å². The summed E-state index contributed by atoms with van der Waals surface area (Å²) in [6.07, 6.45) is 1.06. The quantitative estimate of drug-likeness (QED) is 0.0592. The van der Waals surface area contributed by atoms with Crippen molar-refractivity contribution in [3.63, 3.8) is 0 Å². The van der Waals surface area contributed by atoms with Gasteiger partial charge in [0, 0.05) is 6.42 Å². The van der Waals surface area contributed by atoms with E-state index in [0.29, 0.717) is 12.8 Å². The van der Waals surface area contributed by atoms with E-state index >= 15 is 0 Å². The number of primary amides is 1. The fourth-order valence-electron chi connectivity index (χ4n) is 4.16. The maximum atomic E-state index is 12.8. The Balaban J connectivity index is 1.81. The summed E-state index contributed by atoms with van der Waals surface area (Å²) in [4.78, 5) is 95.4. The number of benzene rings is 2. The number of amides is 8. The van der Waals surface area contributed by atoms with E-state index < -0.39 is 86.2 Å². The topological polar surface area (TPSA) is 273 Å². The van der Waals surface area contributed by atoms with Crippen LogP contribution in [0.1, 0.15) is 18.4 Å². The van der Waals surface area contributed by atoms with Gasteiger partial charge in [0.25, 0.3) is 0 Å². The maximum Gasteiger partial charge on any atom is 0.243 e. The molecule has 17 nitrogen and oxygen atoms in total. The first-order chi connectivity index (χ1) is 23.0. The van der Waals surface area contributed by atoms with Gasteiger partial charge in [0.2, 0.25) is 47.8 Å². The molecule has 0 aliphatic carbocycles. The zero-order valence-corrected chi connectivity index (χ0v) is 26.2. The molecule has 0 fully saturated rings. The van der Waals surface area contributed by atoms with Gasteiger partial charge in [-0.2, -0.15) is 0 Å². The van der Waals surface area contributed by atoms with Crippen molar-refractivity contribution in [3.05, 3.63) is 60.2 Å². The maximum absolute atomic E-state index is 12.8. The molecule has 0 aromatic heterocycles. The fourth-order valence-corrected chi connectivity index (χ4v) is 4.16. The van der Waals surface area contributed by atoms with Crippen LogP contribution in [0.2, 0.25) is 0 Å². The summed E-state index contributed by atoms with van der Waals surface area (Å²) >= 11 is 0. The summed E-state index contributed by atoms with van der Waals surface area (Å²) in [6, 6.07) is 15.2. The molecule has 48 heavy (non-hydrogen) atoms. The second-order valence-electron chi connectivity index (χ2n) is 10.4. The summed E-state index contributed by atoms with van der Waals surface area (Å²) in [7, 11) is 0. The fraction of sp³-hybridized carbons (Fsp3) is 0.355. The normalized spacial score (nSPS) is 11.5. The molecule has 0 saturated carbocycles. The van der Waals surface area contributed by atoms with Crippen LogP contribution in [0.5, 0.6) is 0 Å². The van der Waals surface area contributed by atoms with E-state index in [1.165, 1.54) is 0 Å². The average molecular weight is 668 g/mol. The molecular weight excluding hydrogens is 626 g/mol. The Morgan fingerprint density at radius 2 is 1.12 bits per heavy atom. The lowest BCUT2D eigenvalue weighted by atomic mass is 10.0. The van der Waals surface area contributed by atoms with Gasteiger partial charge < -0.3 is 48.7 Å². The summed E-state index contributed by atoms with van der Waals surface area (Å²) in [5.41, 5.74) is 13.2. The molecule has 0 bridgehead atoms. The summed E-state index contributed by atoms with van der Waals surface area (Å²) in [5, 5.41) is 16.4. The zero-order valence-electron chi connectivity index (χ0n) is 26.2. The number of hydrogen-bond acceptors (Lipinski definition) is 9. The van der Waals surface area contributed by atoms with Crippen LogP contribution in [0.25, 0.3) is 11.1 Å². The van der Waals surface area contributed by atoms with Crippen LogP contribution in [-0.2, 0) is 44.8 Å². The molecule has 0 radical (unpaired) electrons. The van der Waals surface area contributed by atoms with E-state index in [4.69, 9.17) is 11.5 Å². The number of carbonyl (C=O) groups excluding carboxylic acids is 8. The van der Waals surface area contributed by atoms with Crippen LogP contribution in [0, 0.1) is 0 Å². The van der Waals surface area contributed by atoms with Crippen LogP contribution in [0.15, 0.2) is 54.6 Å². The van der Waals surface area contributed by atoms with Gasteiger partial charge in [0.05, 0.1) is 32.7 Å². The van der Waals surface area contributed by atoms with Gasteiger partial charge in [-0.25, -0.2) is 0 Å². The number of hydrogen-bond donors (Lipinski definition) is 9. The molecule has 0 saturated heterocycles. The van der Waals surface area contributed by atoms with Gasteiger partial charge in [-0.15, -0.1) is 0 Å². The van der Waals surface area contributed by atoms with E-state index in [1.54, 1.807) is 0 Å². The minimum Gasteiger partial charge on any atom is -0.368 e. The van der Waals surface area contributed by atoms with Crippen molar-refractivity contribution < 1.29 is 38.4 Å². The third-order valence-corrected chi connectivity index (χ3v) is 6.63. The summed E-state index contributed by atoms with van der Waals surface area (Å²) < 4.78 is 0. The predicted octanol–water partition coefficient (Wildman–Crippen LogP) is -3.70. The molecule has 2 atom stereocenters. The van der Waals surface area contributed by atoms with Crippen molar-refractivity contribution in [3.8, 4) is 11.1 Å². The molecule has 0 aliphatic heterocycles. The minimum absolute atomic E-state index is 0.137. The minimum atomic E-state index is -1.08. The Morgan fingerprint density at radius 3 is 1.67 bits per heavy atom. The Labute approximate surface area is 276 Å². The van der Waals surface area contributed by atoms with Crippen molar-refractivity contribution in [2.75, 3.05) is 39.3 Å². The molecule has 2 aromatic carbocycles. The molecule has 0 heterocycles. The SMILES string of the molecule is NCCC[C@H](NC(=O)CNC(=O)[C@H](Cc1ccc(-c2ccccc2)cc1)NC=O)C(=O)NCC(=O)NCC(=O)NCC(=O)NCC(N)=O. The largest absolute Gasteiger partial charge is 0.368 e. The Kier molecular flexibility index (Phi) is 16.8. The first kappa shape index (κ1) is 38.3. The van der Waals surface area contributed by atoms with Crippen LogP contribution in [0.4, 0.5) is 0 Å². The third-order valence-electron chi connectivity index (χ3n) is 6.63. The smallest absolute Gasteiger partial charge is 0.243 e. The summed E-state index contributed by atoms with van der Waals surface area (Å²) in [6.45, 7) is -2.13. The molecule has 11 N–H and O–H groups in total. The molecule has 2 rings (SSSR count). The second kappa shape index (κ2) is 21.0. The van der Waals surface area contributed by atoms with Crippen molar-refractivity contribution in [2.45, 2.75) is 31.3 Å². The van der Waals surface area contributed by atoms with E-state index in [0.717, 1.165) is 16.7 Å². The molecule has 0 aliphatic rings. The standard InChI is InChI=1S/C31H41N9O8/c32-12-4-7-23(30(47)37-17-28(45)36-16-27(44)35-15-26(43)34-14-25(33)42)40-29(46)18-38-31(48)24(39-19-41)13-20-8-10-22(11-9-20)21-5-2-1-3-6-21/h1-3,5-6,8-11,19,23-24H,4,7,12-18,32H2,(H2,33,42)(H,34,43)(H,35,44)(H,36,45)(H,37,47)(H,38,48)(H,39,41)(H,40,46)/t23-,24-/m0/s1. The molecule has 17 heteroatoms. The molecule has 0 unspecified atom stereocenters. The van der Waals surface area contributed by atoms with Gasteiger partial charge >= 0.3 is 0 Å². The zero-order chi connectivity index (χ0) is 35.3. The highest BCUT2D eigenvalue weighted by Gasteiger charge is 2.23. The van der Waals surface area contributed by atoms with Gasteiger partial charge in [-0.05, 0) is 36.1 Å². The van der Waals surface area contributed by atoms with Crippen LogP contribution < -0.4 is 48.7 Å². The summed E-state index contributed by atoms with van der Waals surface area (Å²) in [5.74, 6) is -4.85.